The Morgan fingerprint density at radius 1 is 0.419 bits per heavy atom. The molecule has 1 fully saturated rings. The number of aliphatic hydroxyl groups excluding tert-OH is 1. The maximum absolute atomic E-state index is 12.6. The first-order chi connectivity index (χ1) is 30.2. The quantitative estimate of drug-likeness (QED) is 0.0359. The van der Waals surface area contributed by atoms with E-state index in [0.29, 0.717) is 31.7 Å². The summed E-state index contributed by atoms with van der Waals surface area (Å²) in [6.07, 6.45) is 32.3. The standard InChI is InChI=1S/C52H97NO9/c1-5-9-13-17-21-31-49(55)59-41-45(42-60-50(56)32-22-18-14-10-6-2)29-25-27-39-53(47-35-37-48(54)38-36-47)40-28-26-30-46(43-61-51(57)33-23-19-15-11-7-3)44-62-52(58)34-24-20-16-12-8-4/h45-48,54H,5-44H2,1-4H3. The van der Waals surface area contributed by atoms with Crippen LogP contribution in [-0.4, -0.2) is 85.5 Å². The van der Waals surface area contributed by atoms with Gasteiger partial charge in [0.15, 0.2) is 0 Å². The second kappa shape index (κ2) is 41.5. The summed E-state index contributed by atoms with van der Waals surface area (Å²) < 4.78 is 23.0. The van der Waals surface area contributed by atoms with Crippen molar-refractivity contribution in [1.29, 1.82) is 0 Å². The lowest BCUT2D eigenvalue weighted by Crippen LogP contribution is -2.40. The van der Waals surface area contributed by atoms with Crippen LogP contribution in [0.25, 0.3) is 0 Å². The largest absolute Gasteiger partial charge is 0.465 e. The summed E-state index contributed by atoms with van der Waals surface area (Å²) in [7, 11) is 0. The van der Waals surface area contributed by atoms with E-state index in [1.54, 1.807) is 0 Å². The van der Waals surface area contributed by atoms with Crippen molar-refractivity contribution in [2.45, 2.75) is 258 Å². The third-order valence-corrected chi connectivity index (χ3v) is 12.7. The van der Waals surface area contributed by atoms with Crippen LogP contribution in [0.3, 0.4) is 0 Å². The first-order valence-electron chi connectivity index (χ1n) is 26.3. The normalized spacial score (nSPS) is 15.4. The number of carbonyl (C=O) groups is 4. The molecule has 1 aliphatic rings. The van der Waals surface area contributed by atoms with E-state index < -0.39 is 0 Å². The van der Waals surface area contributed by atoms with Gasteiger partial charge in [0.2, 0.25) is 0 Å². The smallest absolute Gasteiger partial charge is 0.305 e. The zero-order valence-electron chi connectivity index (χ0n) is 40.8. The van der Waals surface area contributed by atoms with Crippen LogP contribution < -0.4 is 0 Å². The third kappa shape index (κ3) is 34.2. The van der Waals surface area contributed by atoms with Crippen LogP contribution in [0.15, 0.2) is 0 Å². The van der Waals surface area contributed by atoms with Crippen LogP contribution in [0.1, 0.15) is 246 Å². The van der Waals surface area contributed by atoms with E-state index in [1.165, 1.54) is 51.4 Å². The van der Waals surface area contributed by atoms with Gasteiger partial charge < -0.3 is 29.0 Å². The molecule has 62 heavy (non-hydrogen) atoms. The van der Waals surface area contributed by atoms with Crippen LogP contribution in [0.2, 0.25) is 0 Å². The molecule has 364 valence electrons. The first kappa shape index (κ1) is 57.8. The number of hydrogen-bond acceptors (Lipinski definition) is 10. The monoisotopic (exact) mass is 880 g/mol. The average Bonchev–Trinajstić information content (AvgIpc) is 3.27. The van der Waals surface area contributed by atoms with E-state index in [0.717, 1.165) is 154 Å². The van der Waals surface area contributed by atoms with Gasteiger partial charge in [-0.25, -0.2) is 0 Å². The molecule has 0 saturated heterocycles. The molecule has 0 aromatic carbocycles. The molecule has 1 N–H and O–H groups in total. The first-order valence-corrected chi connectivity index (χ1v) is 26.3. The maximum atomic E-state index is 12.6. The van der Waals surface area contributed by atoms with E-state index in [-0.39, 0.29) is 68.2 Å². The molecule has 0 spiro atoms. The van der Waals surface area contributed by atoms with Crippen molar-refractivity contribution in [2.24, 2.45) is 11.8 Å². The van der Waals surface area contributed by atoms with Gasteiger partial charge >= 0.3 is 23.9 Å². The second-order valence-electron chi connectivity index (χ2n) is 18.6. The molecule has 10 heteroatoms. The molecule has 1 rings (SSSR count). The van der Waals surface area contributed by atoms with Gasteiger partial charge in [-0.3, -0.25) is 19.2 Å². The van der Waals surface area contributed by atoms with Gasteiger partial charge in [-0.2, -0.15) is 0 Å². The van der Waals surface area contributed by atoms with Gasteiger partial charge in [-0.15, -0.1) is 0 Å². The van der Waals surface area contributed by atoms with Gasteiger partial charge in [-0.05, 0) is 90.1 Å². The van der Waals surface area contributed by atoms with Gasteiger partial charge in [-0.1, -0.05) is 143 Å². The molecule has 0 radical (unpaired) electrons. The van der Waals surface area contributed by atoms with Gasteiger partial charge in [0.05, 0.1) is 32.5 Å². The lowest BCUT2D eigenvalue weighted by Gasteiger charge is -2.36. The number of hydrogen-bond donors (Lipinski definition) is 1. The molecule has 0 aliphatic heterocycles. The van der Waals surface area contributed by atoms with Crippen molar-refractivity contribution in [3.8, 4) is 0 Å². The molecule has 0 atom stereocenters. The molecule has 0 amide bonds. The van der Waals surface area contributed by atoms with E-state index in [1.807, 2.05) is 0 Å². The molecule has 1 aliphatic carbocycles. The number of esters is 4. The fraction of sp³-hybridized carbons (Fsp3) is 0.923. The maximum Gasteiger partial charge on any atom is 0.305 e. The molecular weight excluding hydrogens is 783 g/mol. The Kier molecular flexibility index (Phi) is 38.7. The van der Waals surface area contributed by atoms with Crippen LogP contribution in [0.5, 0.6) is 0 Å². The van der Waals surface area contributed by atoms with Crippen LogP contribution in [-0.2, 0) is 38.1 Å². The highest BCUT2D eigenvalue weighted by atomic mass is 16.6. The van der Waals surface area contributed by atoms with Crippen LogP contribution in [0, 0.1) is 11.8 Å². The Morgan fingerprint density at radius 3 is 1.00 bits per heavy atom. The van der Waals surface area contributed by atoms with Gasteiger partial charge in [0.25, 0.3) is 0 Å². The highest BCUT2D eigenvalue weighted by Crippen LogP contribution is 2.25. The van der Waals surface area contributed by atoms with E-state index >= 15 is 0 Å². The average molecular weight is 880 g/mol. The summed E-state index contributed by atoms with van der Waals surface area (Å²) in [5.74, 6) is -0.684. The fourth-order valence-electron chi connectivity index (χ4n) is 8.45. The third-order valence-electron chi connectivity index (χ3n) is 12.7. The van der Waals surface area contributed by atoms with Crippen molar-refractivity contribution in [3.63, 3.8) is 0 Å². The minimum absolute atomic E-state index is 0.0244. The van der Waals surface area contributed by atoms with Crippen molar-refractivity contribution in [1.82, 2.24) is 4.90 Å². The number of carbonyl (C=O) groups excluding carboxylic acids is 4. The van der Waals surface area contributed by atoms with E-state index in [2.05, 4.69) is 32.6 Å². The second-order valence-corrected chi connectivity index (χ2v) is 18.6. The van der Waals surface area contributed by atoms with Crippen molar-refractivity contribution >= 4 is 23.9 Å². The predicted octanol–water partition coefficient (Wildman–Crippen LogP) is 12.8. The Morgan fingerprint density at radius 2 is 0.710 bits per heavy atom. The fourth-order valence-corrected chi connectivity index (χ4v) is 8.45. The summed E-state index contributed by atoms with van der Waals surface area (Å²) in [5.41, 5.74) is 0. The Labute approximate surface area is 380 Å². The summed E-state index contributed by atoms with van der Waals surface area (Å²) in [4.78, 5) is 53.0. The minimum Gasteiger partial charge on any atom is -0.465 e. The highest BCUT2D eigenvalue weighted by molar-refractivity contribution is 5.70. The molecular formula is C52H97NO9. The molecule has 1 saturated carbocycles. The molecule has 0 aromatic heterocycles. The summed E-state index contributed by atoms with van der Waals surface area (Å²) in [6, 6.07) is 0.429. The molecule has 0 heterocycles. The van der Waals surface area contributed by atoms with Crippen molar-refractivity contribution in [2.75, 3.05) is 39.5 Å². The summed E-state index contributed by atoms with van der Waals surface area (Å²) in [5, 5.41) is 10.3. The van der Waals surface area contributed by atoms with E-state index in [4.69, 9.17) is 18.9 Å². The highest BCUT2D eigenvalue weighted by Gasteiger charge is 2.25. The topological polar surface area (TPSA) is 129 Å². The Bertz CT molecular complexity index is 946. The SMILES string of the molecule is CCCCCCCC(=O)OCC(CCCCN(CCCCC(COC(=O)CCCCCCC)COC(=O)CCCCCCC)C1CCC(O)CC1)COC(=O)CCCCCCC. The molecule has 0 aromatic rings. The number of nitrogens with zero attached hydrogens (tertiary/aromatic N) is 1. The number of ether oxygens (including phenoxy) is 4. The summed E-state index contributed by atoms with van der Waals surface area (Å²) in [6.45, 7) is 11.8. The van der Waals surface area contributed by atoms with Gasteiger partial charge in [0.1, 0.15) is 0 Å². The van der Waals surface area contributed by atoms with Gasteiger partial charge in [0, 0.05) is 43.6 Å². The van der Waals surface area contributed by atoms with Crippen molar-refractivity contribution < 1.29 is 43.2 Å². The zero-order chi connectivity index (χ0) is 45.3. The molecule has 0 bridgehead atoms. The van der Waals surface area contributed by atoms with E-state index in [9.17, 15) is 24.3 Å². The minimum atomic E-state index is -0.217. The summed E-state index contributed by atoms with van der Waals surface area (Å²) >= 11 is 0. The van der Waals surface area contributed by atoms with Crippen LogP contribution in [0.4, 0.5) is 0 Å². The number of aliphatic hydroxyl groups is 1. The van der Waals surface area contributed by atoms with Crippen molar-refractivity contribution in [3.05, 3.63) is 0 Å². The lowest BCUT2D eigenvalue weighted by molar-refractivity contribution is -0.151. The molecule has 10 nitrogen and oxygen atoms in total. The molecule has 0 unspecified atom stereocenters. The zero-order valence-corrected chi connectivity index (χ0v) is 40.8. The number of rotatable bonds is 43. The Balaban J connectivity index is 2.77. The predicted molar refractivity (Wildman–Crippen MR) is 252 cm³/mol. The Hall–Kier alpha value is -2.20. The lowest BCUT2D eigenvalue weighted by atomic mass is 9.91. The number of unbranched alkanes of at least 4 members (excludes halogenated alkanes) is 18. The van der Waals surface area contributed by atoms with Crippen LogP contribution >= 0.6 is 0 Å².